The van der Waals surface area contributed by atoms with Gasteiger partial charge < -0.3 is 15.1 Å². The van der Waals surface area contributed by atoms with Gasteiger partial charge in [0.05, 0.1) is 0 Å². The van der Waals surface area contributed by atoms with Crippen LogP contribution in [0.1, 0.15) is 39.5 Å². The van der Waals surface area contributed by atoms with Gasteiger partial charge in [-0.15, -0.1) is 0 Å². The molecule has 3 heteroatoms. The van der Waals surface area contributed by atoms with E-state index in [0.717, 1.165) is 6.04 Å². The zero-order valence-corrected chi connectivity index (χ0v) is 12.5. The first kappa shape index (κ1) is 14.3. The van der Waals surface area contributed by atoms with Crippen molar-refractivity contribution in [1.82, 2.24) is 15.1 Å². The van der Waals surface area contributed by atoms with E-state index in [2.05, 4.69) is 36.0 Å². The lowest BCUT2D eigenvalue weighted by molar-refractivity contribution is 0.0914. The highest BCUT2D eigenvalue weighted by Gasteiger charge is 2.35. The SMILES string of the molecule is CCN1CCC(N(C)CC2(CC)CCNC2)CC1. The molecule has 0 aromatic carbocycles. The first-order valence-corrected chi connectivity index (χ1v) is 7.82. The van der Waals surface area contributed by atoms with Crippen LogP contribution in [0.15, 0.2) is 0 Å². The van der Waals surface area contributed by atoms with E-state index < -0.39 is 0 Å². The highest BCUT2D eigenvalue weighted by Crippen LogP contribution is 2.31. The molecule has 0 radical (unpaired) electrons. The van der Waals surface area contributed by atoms with Gasteiger partial charge in [-0.3, -0.25) is 0 Å². The lowest BCUT2D eigenvalue weighted by atomic mass is 9.83. The van der Waals surface area contributed by atoms with Crippen molar-refractivity contribution in [3.63, 3.8) is 0 Å². The molecule has 0 amide bonds. The summed E-state index contributed by atoms with van der Waals surface area (Å²) in [7, 11) is 2.35. The third-order valence-electron chi connectivity index (χ3n) is 5.29. The molecule has 2 fully saturated rings. The van der Waals surface area contributed by atoms with E-state index in [1.165, 1.54) is 65.0 Å². The molecule has 0 bridgehead atoms. The average molecular weight is 253 g/mol. The van der Waals surface area contributed by atoms with Gasteiger partial charge in [-0.05, 0) is 64.3 Å². The van der Waals surface area contributed by atoms with Crippen molar-refractivity contribution in [1.29, 1.82) is 0 Å². The minimum atomic E-state index is 0.552. The Kier molecular flexibility index (Phi) is 5.05. The van der Waals surface area contributed by atoms with Gasteiger partial charge in [0.25, 0.3) is 0 Å². The predicted molar refractivity (Wildman–Crippen MR) is 78.0 cm³/mol. The summed E-state index contributed by atoms with van der Waals surface area (Å²) >= 11 is 0. The minimum absolute atomic E-state index is 0.552. The van der Waals surface area contributed by atoms with Crippen molar-refractivity contribution in [2.45, 2.75) is 45.6 Å². The normalized spacial score (nSPS) is 31.3. The van der Waals surface area contributed by atoms with Crippen molar-refractivity contribution < 1.29 is 0 Å². The van der Waals surface area contributed by atoms with Crippen LogP contribution < -0.4 is 5.32 Å². The van der Waals surface area contributed by atoms with Crippen LogP contribution >= 0.6 is 0 Å². The fourth-order valence-corrected chi connectivity index (χ4v) is 3.68. The fraction of sp³-hybridized carbons (Fsp3) is 1.00. The second-order valence-electron chi connectivity index (χ2n) is 6.36. The van der Waals surface area contributed by atoms with Gasteiger partial charge in [0.15, 0.2) is 0 Å². The van der Waals surface area contributed by atoms with Crippen LogP contribution in [0.5, 0.6) is 0 Å². The van der Waals surface area contributed by atoms with E-state index in [4.69, 9.17) is 0 Å². The Morgan fingerprint density at radius 3 is 2.50 bits per heavy atom. The van der Waals surface area contributed by atoms with Crippen molar-refractivity contribution in [2.75, 3.05) is 46.3 Å². The third-order valence-corrected chi connectivity index (χ3v) is 5.29. The summed E-state index contributed by atoms with van der Waals surface area (Å²) in [6.07, 6.45) is 5.40. The Hall–Kier alpha value is -0.120. The summed E-state index contributed by atoms with van der Waals surface area (Å²) in [5, 5.41) is 3.55. The number of likely N-dealkylation sites (tertiary alicyclic amines) is 1. The Labute approximate surface area is 113 Å². The monoisotopic (exact) mass is 253 g/mol. The lowest BCUT2D eigenvalue weighted by Gasteiger charge is -2.40. The van der Waals surface area contributed by atoms with Gasteiger partial charge in [0.1, 0.15) is 0 Å². The quantitative estimate of drug-likeness (QED) is 0.806. The molecule has 2 aliphatic rings. The minimum Gasteiger partial charge on any atom is -0.316 e. The van der Waals surface area contributed by atoms with Gasteiger partial charge in [-0.1, -0.05) is 13.8 Å². The number of piperidine rings is 1. The van der Waals surface area contributed by atoms with E-state index in [0.29, 0.717) is 5.41 Å². The molecule has 0 aliphatic carbocycles. The van der Waals surface area contributed by atoms with E-state index in [1.54, 1.807) is 0 Å². The highest BCUT2D eigenvalue weighted by atomic mass is 15.2. The number of nitrogens with one attached hydrogen (secondary N) is 1. The molecule has 0 spiro atoms. The van der Waals surface area contributed by atoms with Crippen LogP contribution in [-0.2, 0) is 0 Å². The molecule has 0 aromatic heterocycles. The third kappa shape index (κ3) is 3.25. The molecule has 106 valence electrons. The Bertz CT molecular complexity index is 240. The van der Waals surface area contributed by atoms with Crippen LogP contribution in [0, 0.1) is 5.41 Å². The van der Waals surface area contributed by atoms with Crippen molar-refractivity contribution in [3.8, 4) is 0 Å². The van der Waals surface area contributed by atoms with E-state index in [1.807, 2.05) is 0 Å². The maximum atomic E-state index is 3.55. The van der Waals surface area contributed by atoms with Gasteiger partial charge >= 0.3 is 0 Å². The molecule has 2 rings (SSSR count). The molecule has 1 N–H and O–H groups in total. The first-order valence-electron chi connectivity index (χ1n) is 7.82. The summed E-state index contributed by atoms with van der Waals surface area (Å²) in [5.74, 6) is 0. The van der Waals surface area contributed by atoms with Crippen LogP contribution in [0.3, 0.4) is 0 Å². The second-order valence-corrected chi connectivity index (χ2v) is 6.36. The molecular weight excluding hydrogens is 222 g/mol. The van der Waals surface area contributed by atoms with Gasteiger partial charge in [-0.25, -0.2) is 0 Å². The zero-order chi connectivity index (χ0) is 13.0. The van der Waals surface area contributed by atoms with E-state index in [-0.39, 0.29) is 0 Å². The number of hydrogen-bond donors (Lipinski definition) is 1. The van der Waals surface area contributed by atoms with Crippen LogP contribution in [0.25, 0.3) is 0 Å². The van der Waals surface area contributed by atoms with Crippen molar-refractivity contribution >= 4 is 0 Å². The molecule has 1 atom stereocenters. The molecular formula is C15H31N3. The van der Waals surface area contributed by atoms with Gasteiger partial charge in [0, 0.05) is 19.1 Å². The van der Waals surface area contributed by atoms with Crippen molar-refractivity contribution in [3.05, 3.63) is 0 Å². The molecule has 0 saturated carbocycles. The Morgan fingerprint density at radius 2 is 2.00 bits per heavy atom. The first-order chi connectivity index (χ1) is 8.69. The summed E-state index contributed by atoms with van der Waals surface area (Å²) in [6, 6.07) is 0.817. The second kappa shape index (κ2) is 6.36. The zero-order valence-electron chi connectivity index (χ0n) is 12.5. The molecule has 2 heterocycles. The van der Waals surface area contributed by atoms with Crippen LogP contribution in [0.4, 0.5) is 0 Å². The topological polar surface area (TPSA) is 18.5 Å². The fourth-order valence-electron chi connectivity index (χ4n) is 3.68. The Morgan fingerprint density at radius 1 is 1.28 bits per heavy atom. The summed E-state index contributed by atoms with van der Waals surface area (Å²) < 4.78 is 0. The number of rotatable bonds is 5. The van der Waals surface area contributed by atoms with E-state index in [9.17, 15) is 0 Å². The maximum Gasteiger partial charge on any atom is 0.0117 e. The number of hydrogen-bond acceptors (Lipinski definition) is 3. The highest BCUT2D eigenvalue weighted by molar-refractivity contribution is 4.91. The summed E-state index contributed by atoms with van der Waals surface area (Å²) in [6.45, 7) is 12.2. The van der Waals surface area contributed by atoms with Crippen LogP contribution in [0.2, 0.25) is 0 Å². The molecule has 3 nitrogen and oxygen atoms in total. The number of nitrogens with zero attached hydrogens (tertiary/aromatic N) is 2. The predicted octanol–water partition coefficient (Wildman–Crippen LogP) is 1.79. The smallest absolute Gasteiger partial charge is 0.0117 e. The summed E-state index contributed by atoms with van der Waals surface area (Å²) in [4.78, 5) is 5.24. The largest absolute Gasteiger partial charge is 0.316 e. The molecule has 2 saturated heterocycles. The standard InChI is InChI=1S/C15H31N3/c1-4-15(8-9-16-12-15)13-17(3)14-6-10-18(5-2)11-7-14/h14,16H,4-13H2,1-3H3. The van der Waals surface area contributed by atoms with Gasteiger partial charge in [-0.2, -0.15) is 0 Å². The molecule has 1 unspecified atom stereocenters. The van der Waals surface area contributed by atoms with Crippen LogP contribution in [-0.4, -0.2) is 62.2 Å². The summed E-state index contributed by atoms with van der Waals surface area (Å²) in [5.41, 5.74) is 0.552. The molecule has 18 heavy (non-hydrogen) atoms. The lowest BCUT2D eigenvalue weighted by Crippen LogP contribution is -2.47. The van der Waals surface area contributed by atoms with E-state index >= 15 is 0 Å². The maximum absolute atomic E-state index is 3.55. The van der Waals surface area contributed by atoms with Gasteiger partial charge in [0.2, 0.25) is 0 Å². The molecule has 0 aromatic rings. The molecule has 2 aliphatic heterocycles. The van der Waals surface area contributed by atoms with Crippen molar-refractivity contribution in [2.24, 2.45) is 5.41 Å². The average Bonchev–Trinajstić information content (AvgIpc) is 2.88. The Balaban J connectivity index is 1.82.